The number of methoxy groups -OCH3 is 1. The zero-order chi connectivity index (χ0) is 13.2. The Hall–Kier alpha value is -1.83. The van der Waals surface area contributed by atoms with Gasteiger partial charge in [-0.05, 0) is 6.07 Å². The molecule has 0 amide bonds. The number of aliphatic hydroxyl groups excluding tert-OH is 1. The molecule has 1 aromatic carbocycles. The summed E-state index contributed by atoms with van der Waals surface area (Å²) in [7, 11) is 1.06. The molecule has 1 N–H and O–H groups in total. The van der Waals surface area contributed by atoms with Crippen LogP contribution in [0.15, 0.2) is 18.2 Å². The molecule has 0 saturated carbocycles. The predicted octanol–water partition coefficient (Wildman–Crippen LogP) is 2.20. The van der Waals surface area contributed by atoms with E-state index in [-0.39, 0.29) is 5.75 Å². The highest BCUT2D eigenvalue weighted by Gasteiger charge is 2.41. The van der Waals surface area contributed by atoms with Crippen LogP contribution in [0.4, 0.5) is 18.9 Å². The minimum absolute atomic E-state index is 0.385. The first kappa shape index (κ1) is 13.2. The Morgan fingerprint density at radius 2 is 2.06 bits per heavy atom. The molecule has 0 aliphatic rings. The van der Waals surface area contributed by atoms with Gasteiger partial charge in [0.2, 0.25) is 0 Å². The van der Waals surface area contributed by atoms with Crippen molar-refractivity contribution < 1.29 is 27.9 Å². The summed E-state index contributed by atoms with van der Waals surface area (Å²) in [5, 5.41) is 19.4. The number of alkyl halides is 3. The number of ether oxygens (including phenoxy) is 1. The van der Waals surface area contributed by atoms with Crippen LogP contribution in [0.25, 0.3) is 0 Å². The lowest BCUT2D eigenvalue weighted by Crippen LogP contribution is -2.20. The maximum atomic E-state index is 12.3. The van der Waals surface area contributed by atoms with Crippen LogP contribution in [-0.4, -0.2) is 23.3 Å². The number of nitro benzene ring substituents is 1. The molecule has 17 heavy (non-hydrogen) atoms. The number of non-ortho nitro benzene ring substituents is 1. The average Bonchev–Trinajstić information content (AvgIpc) is 2.25. The van der Waals surface area contributed by atoms with E-state index in [0.717, 1.165) is 25.3 Å². The van der Waals surface area contributed by atoms with Gasteiger partial charge in [0.15, 0.2) is 6.10 Å². The Labute approximate surface area is 93.6 Å². The lowest BCUT2D eigenvalue weighted by Gasteiger charge is -2.17. The van der Waals surface area contributed by atoms with Gasteiger partial charge in [-0.1, -0.05) is 0 Å². The number of aliphatic hydroxyl groups is 1. The second-order valence-electron chi connectivity index (χ2n) is 3.13. The van der Waals surface area contributed by atoms with Crippen LogP contribution in [0.1, 0.15) is 11.7 Å². The molecule has 94 valence electrons. The fourth-order valence-electron chi connectivity index (χ4n) is 1.22. The van der Waals surface area contributed by atoms with Crippen molar-refractivity contribution >= 4 is 5.69 Å². The summed E-state index contributed by atoms with van der Waals surface area (Å²) in [5.41, 5.74) is -0.981. The van der Waals surface area contributed by atoms with Gasteiger partial charge in [0.25, 0.3) is 5.69 Å². The van der Waals surface area contributed by atoms with Gasteiger partial charge in [-0.2, -0.15) is 13.2 Å². The third kappa shape index (κ3) is 2.84. The molecule has 1 aromatic rings. The lowest BCUT2D eigenvalue weighted by molar-refractivity contribution is -0.385. The predicted molar refractivity (Wildman–Crippen MR) is 50.7 cm³/mol. The zero-order valence-corrected chi connectivity index (χ0v) is 8.56. The first-order valence-corrected chi connectivity index (χ1v) is 4.34. The lowest BCUT2D eigenvalue weighted by atomic mass is 10.1. The number of hydrogen-bond donors (Lipinski definition) is 1. The van der Waals surface area contributed by atoms with Crippen molar-refractivity contribution in [3.05, 3.63) is 33.9 Å². The topological polar surface area (TPSA) is 72.6 Å². The molecule has 0 fully saturated rings. The SMILES string of the molecule is COc1cc([N+](=O)[O-])ccc1[C@@H](O)C(F)(F)F. The van der Waals surface area contributed by atoms with Gasteiger partial charge in [0.1, 0.15) is 5.75 Å². The molecule has 0 unspecified atom stereocenters. The molecule has 1 rings (SSSR count). The highest BCUT2D eigenvalue weighted by molar-refractivity contribution is 5.45. The van der Waals surface area contributed by atoms with Gasteiger partial charge >= 0.3 is 6.18 Å². The van der Waals surface area contributed by atoms with E-state index in [4.69, 9.17) is 5.11 Å². The van der Waals surface area contributed by atoms with Crippen LogP contribution in [0.5, 0.6) is 5.75 Å². The van der Waals surface area contributed by atoms with Crippen molar-refractivity contribution in [2.75, 3.05) is 7.11 Å². The molecule has 5 nitrogen and oxygen atoms in total. The Morgan fingerprint density at radius 3 is 2.47 bits per heavy atom. The molecule has 0 aliphatic heterocycles. The van der Waals surface area contributed by atoms with Gasteiger partial charge in [0.05, 0.1) is 18.1 Å². The van der Waals surface area contributed by atoms with Gasteiger partial charge in [-0.25, -0.2) is 0 Å². The van der Waals surface area contributed by atoms with Crippen molar-refractivity contribution in [2.24, 2.45) is 0 Å². The minimum Gasteiger partial charge on any atom is -0.496 e. The van der Waals surface area contributed by atoms with Crippen molar-refractivity contribution in [3.8, 4) is 5.75 Å². The summed E-state index contributed by atoms with van der Waals surface area (Å²) in [6, 6.07) is 2.51. The van der Waals surface area contributed by atoms with E-state index in [9.17, 15) is 23.3 Å². The largest absolute Gasteiger partial charge is 0.496 e. The number of nitro groups is 1. The van der Waals surface area contributed by atoms with E-state index in [0.29, 0.717) is 0 Å². The molecule has 0 bridgehead atoms. The molecule has 0 aromatic heterocycles. The van der Waals surface area contributed by atoms with E-state index in [2.05, 4.69) is 4.74 Å². The van der Waals surface area contributed by atoms with Crippen molar-refractivity contribution in [3.63, 3.8) is 0 Å². The van der Waals surface area contributed by atoms with Crippen molar-refractivity contribution in [1.29, 1.82) is 0 Å². The molecular weight excluding hydrogens is 243 g/mol. The summed E-state index contributed by atoms with van der Waals surface area (Å²) in [4.78, 5) is 9.64. The minimum atomic E-state index is -4.86. The maximum absolute atomic E-state index is 12.3. The maximum Gasteiger partial charge on any atom is 0.418 e. The summed E-state index contributed by atoms with van der Waals surface area (Å²) in [6.45, 7) is 0. The van der Waals surface area contributed by atoms with E-state index >= 15 is 0 Å². The van der Waals surface area contributed by atoms with E-state index in [1.54, 1.807) is 0 Å². The summed E-state index contributed by atoms with van der Waals surface area (Å²) >= 11 is 0. The van der Waals surface area contributed by atoms with Gasteiger partial charge in [0, 0.05) is 11.6 Å². The monoisotopic (exact) mass is 251 g/mol. The average molecular weight is 251 g/mol. The number of halogens is 3. The number of hydrogen-bond acceptors (Lipinski definition) is 4. The molecule has 0 saturated heterocycles. The second kappa shape index (κ2) is 4.58. The molecule has 8 heteroatoms. The molecule has 1 atom stereocenters. The number of nitrogens with zero attached hydrogens (tertiary/aromatic N) is 1. The molecule has 0 radical (unpaired) electrons. The number of rotatable bonds is 3. The Bertz CT molecular complexity index is 433. The van der Waals surface area contributed by atoms with Gasteiger partial charge < -0.3 is 9.84 Å². The Kier molecular flexibility index (Phi) is 3.56. The summed E-state index contributed by atoms with van der Waals surface area (Å²) < 4.78 is 41.4. The zero-order valence-electron chi connectivity index (χ0n) is 8.56. The third-order valence-corrected chi connectivity index (χ3v) is 2.03. The normalized spacial score (nSPS) is 13.2. The van der Waals surface area contributed by atoms with E-state index in [1.807, 2.05) is 0 Å². The smallest absolute Gasteiger partial charge is 0.418 e. The quantitative estimate of drug-likeness (QED) is 0.660. The first-order chi connectivity index (χ1) is 7.77. The van der Waals surface area contributed by atoms with Crippen LogP contribution in [0, 0.1) is 10.1 Å². The van der Waals surface area contributed by atoms with Crippen LogP contribution in [0.3, 0.4) is 0 Å². The number of benzene rings is 1. The van der Waals surface area contributed by atoms with Crippen LogP contribution in [-0.2, 0) is 0 Å². The summed E-state index contributed by atoms with van der Waals surface area (Å²) in [5.74, 6) is -0.385. The van der Waals surface area contributed by atoms with Gasteiger partial charge in [-0.15, -0.1) is 0 Å². The fourth-order valence-corrected chi connectivity index (χ4v) is 1.22. The molecular formula is C9H8F3NO4. The second-order valence-corrected chi connectivity index (χ2v) is 3.13. The molecule has 0 heterocycles. The van der Waals surface area contributed by atoms with Crippen LogP contribution in [0.2, 0.25) is 0 Å². The van der Waals surface area contributed by atoms with E-state index < -0.39 is 28.5 Å². The van der Waals surface area contributed by atoms with Crippen LogP contribution < -0.4 is 4.74 Å². The molecule has 0 spiro atoms. The van der Waals surface area contributed by atoms with E-state index in [1.165, 1.54) is 0 Å². The fraction of sp³-hybridized carbons (Fsp3) is 0.333. The Balaban J connectivity index is 3.22. The van der Waals surface area contributed by atoms with Gasteiger partial charge in [-0.3, -0.25) is 10.1 Å². The summed E-state index contributed by atoms with van der Waals surface area (Å²) in [6.07, 6.45) is -7.60. The van der Waals surface area contributed by atoms with Crippen molar-refractivity contribution in [2.45, 2.75) is 12.3 Å². The highest BCUT2D eigenvalue weighted by Crippen LogP contribution is 2.38. The highest BCUT2D eigenvalue weighted by atomic mass is 19.4. The standard InChI is InChI=1S/C9H8F3NO4/c1-17-7-4-5(13(15)16)2-3-6(7)8(14)9(10,11)12/h2-4,8,14H,1H3/t8-/m1/s1. The van der Waals surface area contributed by atoms with Crippen LogP contribution >= 0.6 is 0 Å². The first-order valence-electron chi connectivity index (χ1n) is 4.34. The molecule has 0 aliphatic carbocycles. The van der Waals surface area contributed by atoms with Crippen molar-refractivity contribution in [1.82, 2.24) is 0 Å². The third-order valence-electron chi connectivity index (χ3n) is 2.03. The Morgan fingerprint density at radius 1 is 1.47 bits per heavy atom.